The van der Waals surface area contributed by atoms with E-state index < -0.39 is 41.9 Å². The summed E-state index contributed by atoms with van der Waals surface area (Å²) in [5.74, 6) is -4.92. The molecule has 2 aliphatic rings. The smallest absolute Gasteiger partial charge is 0.301 e. The number of nitrogens with zero attached hydrogens (tertiary/aromatic N) is 6. The Balaban J connectivity index is 1.14. The third kappa shape index (κ3) is 5.56. The van der Waals surface area contributed by atoms with E-state index in [1.165, 1.54) is 11.1 Å². The van der Waals surface area contributed by atoms with Crippen LogP contribution in [-0.4, -0.2) is 40.9 Å². The van der Waals surface area contributed by atoms with Crippen LogP contribution < -0.4 is 4.90 Å². The molecule has 8 aromatic rings. The Kier molecular flexibility index (Phi) is 8.17. The normalized spacial score (nSPS) is 19.6. The molecule has 10 rings (SSSR count). The number of alkyl halides is 3. The highest BCUT2D eigenvalue weighted by Crippen LogP contribution is 2.52. The molecule has 3 atom stereocenters. The molecule has 2 saturated carbocycles. The van der Waals surface area contributed by atoms with Crippen molar-refractivity contribution in [3.8, 4) is 10.4 Å². The summed E-state index contributed by atoms with van der Waals surface area (Å²) < 4.78 is 59.7. The molecule has 2 fully saturated rings. The van der Waals surface area contributed by atoms with Crippen LogP contribution in [0.25, 0.3) is 54.1 Å². The predicted octanol–water partition coefficient (Wildman–Crippen LogP) is 11.6. The standard InChI is InChI=1S/C42H29F3N6O2S3/c1-20-7-12-23(13-8-20)51(24-14-9-21(2)10-15-24)41-27-6-4-3-5-26(27)40(54-41)31-18-28-29(33-35(31)49-55-47-33)19-32(37-34(28)48-56-50-37)46-36-25-16-11-22(42(43,44)45)17-30(25)38(52)39(36)53/h3-10,12-15,18-19,22,25,30H,11,16-17H2,1-2H3. The van der Waals surface area contributed by atoms with E-state index in [1.54, 1.807) is 17.4 Å². The van der Waals surface area contributed by atoms with Gasteiger partial charge in [-0.25, -0.2) is 4.99 Å². The van der Waals surface area contributed by atoms with E-state index >= 15 is 0 Å². The maximum atomic E-state index is 13.6. The molecule has 2 aliphatic carbocycles. The van der Waals surface area contributed by atoms with Crippen LogP contribution in [0, 0.1) is 31.6 Å². The maximum Gasteiger partial charge on any atom is 0.391 e. The molecule has 0 radical (unpaired) electrons. The summed E-state index contributed by atoms with van der Waals surface area (Å²) >= 11 is 3.76. The van der Waals surface area contributed by atoms with Crippen molar-refractivity contribution in [2.45, 2.75) is 39.3 Å². The van der Waals surface area contributed by atoms with Gasteiger partial charge in [0.15, 0.2) is 0 Å². The largest absolute Gasteiger partial charge is 0.391 e. The summed E-state index contributed by atoms with van der Waals surface area (Å²) in [5.41, 5.74) is 7.93. The van der Waals surface area contributed by atoms with Crippen LogP contribution >= 0.6 is 34.8 Å². The number of hydrogen-bond acceptors (Lipinski definition) is 11. The average Bonchev–Trinajstić information content (AvgIpc) is 4.00. The molecule has 0 bridgehead atoms. The Labute approximate surface area is 330 Å². The SMILES string of the molecule is Cc1ccc(N(c2ccc(C)cc2)c2sc(-c3cc4c(cc(N=C5C(=O)C(=O)C6CC(C(F)(F)F)CCC56)c5nsnc54)c4nsnc34)c3ccccc23)cc1. The van der Waals surface area contributed by atoms with Crippen LogP contribution in [0.3, 0.4) is 0 Å². The lowest BCUT2D eigenvalue weighted by Crippen LogP contribution is -2.34. The van der Waals surface area contributed by atoms with Crippen molar-refractivity contribution in [1.82, 2.24) is 17.5 Å². The van der Waals surface area contributed by atoms with Crippen LogP contribution in [-0.2, 0) is 9.59 Å². The van der Waals surface area contributed by atoms with Gasteiger partial charge < -0.3 is 4.90 Å². The van der Waals surface area contributed by atoms with Crippen molar-refractivity contribution >= 4 is 118 Å². The third-order valence-corrected chi connectivity index (χ3v) is 13.5. The fourth-order valence-electron chi connectivity index (χ4n) is 8.32. The zero-order chi connectivity index (χ0) is 38.5. The van der Waals surface area contributed by atoms with Gasteiger partial charge in [-0.2, -0.15) is 30.7 Å². The number of carbonyl (C=O) groups is 2. The van der Waals surface area contributed by atoms with E-state index in [9.17, 15) is 22.8 Å². The molecular weight excluding hydrogens is 774 g/mol. The summed E-state index contributed by atoms with van der Waals surface area (Å²) in [7, 11) is 0. The molecule has 0 amide bonds. The van der Waals surface area contributed by atoms with Gasteiger partial charge in [0.2, 0.25) is 11.6 Å². The second-order valence-electron chi connectivity index (χ2n) is 14.6. The molecule has 0 N–H and O–H groups in total. The number of aliphatic imine (C=N–C) groups is 1. The van der Waals surface area contributed by atoms with Crippen molar-refractivity contribution < 1.29 is 22.8 Å². The monoisotopic (exact) mass is 802 g/mol. The minimum atomic E-state index is -4.42. The number of fused-ring (bicyclic) bond motifs is 7. The first-order valence-corrected chi connectivity index (χ1v) is 20.4. The average molecular weight is 803 g/mol. The van der Waals surface area contributed by atoms with Crippen molar-refractivity contribution in [2.24, 2.45) is 22.7 Å². The first kappa shape index (κ1) is 35.0. The maximum absolute atomic E-state index is 13.6. The second-order valence-corrected chi connectivity index (χ2v) is 16.6. The van der Waals surface area contributed by atoms with Gasteiger partial charge in [-0.05, 0) is 69.5 Å². The third-order valence-electron chi connectivity index (χ3n) is 11.2. The number of benzene rings is 5. The van der Waals surface area contributed by atoms with Gasteiger partial charge in [-0.15, -0.1) is 11.3 Å². The molecule has 3 aromatic heterocycles. The van der Waals surface area contributed by atoms with Gasteiger partial charge in [0, 0.05) is 55.2 Å². The summed E-state index contributed by atoms with van der Waals surface area (Å²) in [4.78, 5) is 34.4. The number of hydrogen-bond donors (Lipinski definition) is 0. The molecule has 0 spiro atoms. The van der Waals surface area contributed by atoms with Crippen molar-refractivity contribution in [2.75, 3.05) is 4.90 Å². The number of ketones is 2. The van der Waals surface area contributed by atoms with Crippen LogP contribution in [0.2, 0.25) is 0 Å². The molecule has 8 nitrogen and oxygen atoms in total. The number of thiophene rings is 1. The van der Waals surface area contributed by atoms with Gasteiger partial charge in [0.1, 0.15) is 27.1 Å². The van der Waals surface area contributed by atoms with Gasteiger partial charge in [-0.1, -0.05) is 59.7 Å². The second kappa shape index (κ2) is 13.1. The van der Waals surface area contributed by atoms with Gasteiger partial charge >= 0.3 is 6.18 Å². The molecular formula is C42H29F3N6O2S3. The molecule has 3 unspecified atom stereocenters. The minimum absolute atomic E-state index is 0.00262. The summed E-state index contributed by atoms with van der Waals surface area (Å²) in [6, 6.07) is 29.2. The highest BCUT2D eigenvalue weighted by atomic mass is 32.1. The number of halogens is 3. The Morgan fingerprint density at radius 2 is 1.29 bits per heavy atom. The quantitative estimate of drug-likeness (QED) is 0.160. The lowest BCUT2D eigenvalue weighted by molar-refractivity contribution is -0.187. The zero-order valence-electron chi connectivity index (χ0n) is 29.8. The molecule has 56 heavy (non-hydrogen) atoms. The van der Waals surface area contributed by atoms with E-state index in [-0.39, 0.29) is 18.6 Å². The van der Waals surface area contributed by atoms with Crippen molar-refractivity contribution in [3.05, 3.63) is 96.1 Å². The molecule has 5 aromatic carbocycles. The van der Waals surface area contributed by atoms with Crippen LogP contribution in [0.5, 0.6) is 0 Å². The minimum Gasteiger partial charge on any atom is -0.301 e. The van der Waals surface area contributed by atoms with E-state index in [0.717, 1.165) is 66.4 Å². The van der Waals surface area contributed by atoms with E-state index in [1.807, 2.05) is 12.1 Å². The first-order chi connectivity index (χ1) is 27.0. The van der Waals surface area contributed by atoms with E-state index in [4.69, 9.17) is 13.7 Å². The van der Waals surface area contributed by atoms with Crippen LogP contribution in [0.1, 0.15) is 30.4 Å². The Hall–Kier alpha value is -5.44. The van der Waals surface area contributed by atoms with Gasteiger partial charge in [0.05, 0.1) is 40.8 Å². The van der Waals surface area contributed by atoms with E-state index in [0.29, 0.717) is 33.1 Å². The van der Waals surface area contributed by atoms with Crippen molar-refractivity contribution in [3.63, 3.8) is 0 Å². The number of aromatic nitrogens is 4. The number of anilines is 3. The van der Waals surface area contributed by atoms with E-state index in [2.05, 4.69) is 94.2 Å². The molecule has 0 saturated heterocycles. The molecule has 14 heteroatoms. The summed E-state index contributed by atoms with van der Waals surface area (Å²) in [6.07, 6.45) is -4.92. The fourth-order valence-corrected chi connectivity index (χ4v) is 10.8. The number of aryl methyl sites for hydroxylation is 2. The number of Topliss-reactive ketones (excluding diaryl/α,β-unsaturated/α-hetero) is 2. The highest BCUT2D eigenvalue weighted by molar-refractivity contribution is 7.22. The summed E-state index contributed by atoms with van der Waals surface area (Å²) in [5, 5.41) is 4.66. The molecule has 0 aliphatic heterocycles. The number of carbonyl (C=O) groups excluding carboxylic acids is 2. The highest BCUT2D eigenvalue weighted by Gasteiger charge is 2.54. The Morgan fingerprint density at radius 1 is 0.696 bits per heavy atom. The zero-order valence-corrected chi connectivity index (χ0v) is 32.2. The van der Waals surface area contributed by atoms with Gasteiger partial charge in [-0.3, -0.25) is 9.59 Å². The summed E-state index contributed by atoms with van der Waals surface area (Å²) in [6.45, 7) is 4.15. The molecule has 278 valence electrons. The lowest BCUT2D eigenvalue weighted by Gasteiger charge is -2.31. The van der Waals surface area contributed by atoms with Gasteiger partial charge in [0.25, 0.3) is 0 Å². The predicted molar refractivity (Wildman–Crippen MR) is 218 cm³/mol. The lowest BCUT2D eigenvalue weighted by atomic mass is 9.75. The topological polar surface area (TPSA) is 101 Å². The Bertz CT molecular complexity index is 2890. The van der Waals surface area contributed by atoms with Crippen LogP contribution in [0.4, 0.5) is 35.2 Å². The fraction of sp³-hybridized carbons (Fsp3) is 0.214. The molecule has 3 heterocycles. The number of rotatable bonds is 5. The first-order valence-electron chi connectivity index (χ1n) is 18.1. The van der Waals surface area contributed by atoms with Crippen molar-refractivity contribution in [1.29, 1.82) is 0 Å². The van der Waals surface area contributed by atoms with Crippen LogP contribution in [0.15, 0.2) is 89.9 Å². The Morgan fingerprint density at radius 3 is 1.95 bits per heavy atom.